The minimum atomic E-state index is -3.14. The van der Waals surface area contributed by atoms with Gasteiger partial charge < -0.3 is 29.7 Å². The summed E-state index contributed by atoms with van der Waals surface area (Å²) < 4.78 is 0. The van der Waals surface area contributed by atoms with Crippen molar-refractivity contribution in [1.82, 2.24) is 0 Å². The van der Waals surface area contributed by atoms with Crippen LogP contribution < -0.4 is 0 Å². The van der Waals surface area contributed by atoms with Gasteiger partial charge in [-0.1, -0.05) is 54.6 Å². The molecule has 0 spiro atoms. The summed E-state index contributed by atoms with van der Waals surface area (Å²) in [6.45, 7) is 0. The molecule has 9 nitrogen and oxygen atoms in total. The summed E-state index contributed by atoms with van der Waals surface area (Å²) in [6.07, 6.45) is 0. The normalized spacial score (nSPS) is 8.90. The summed E-state index contributed by atoms with van der Waals surface area (Å²) in [5.41, 5.74) is 0.993. The molecule has 0 aliphatic heterocycles. The highest BCUT2D eigenvalue weighted by Gasteiger charge is 1.98. The van der Waals surface area contributed by atoms with Gasteiger partial charge in [-0.15, -0.1) is 0 Å². The van der Waals surface area contributed by atoms with Crippen LogP contribution in [0.4, 0.5) is 0 Å². The molecule has 3 aromatic rings. The molecule has 0 saturated heterocycles. The van der Waals surface area contributed by atoms with E-state index in [0.29, 0.717) is 16.7 Å². The Hall–Kier alpha value is -3.83. The lowest BCUT2D eigenvalue weighted by molar-refractivity contribution is 0.0686. The van der Waals surface area contributed by atoms with Gasteiger partial charge in [0.15, 0.2) is 0 Å². The second-order valence-electron chi connectivity index (χ2n) is 5.36. The first kappa shape index (κ1) is 27.2. The van der Waals surface area contributed by atoms with Gasteiger partial charge in [0.25, 0.3) is 0 Å². The summed E-state index contributed by atoms with van der Waals surface area (Å²) in [5.74, 6) is -2.64. The van der Waals surface area contributed by atoms with Crippen molar-refractivity contribution in [1.29, 1.82) is 0 Å². The number of hydrogen-bond acceptors (Lipinski definition) is 6. The number of aromatic carboxylic acids is 3. The molecule has 0 radical (unpaired) electrons. The van der Waals surface area contributed by atoms with Crippen LogP contribution in [0.2, 0.25) is 0 Å². The maximum absolute atomic E-state index is 10.2. The fourth-order valence-electron chi connectivity index (χ4n) is 1.74. The molecule has 0 aliphatic rings. The van der Waals surface area contributed by atoms with Crippen LogP contribution in [-0.2, 0) is 0 Å². The van der Waals surface area contributed by atoms with Crippen molar-refractivity contribution in [2.75, 3.05) is 0 Å². The van der Waals surface area contributed by atoms with Gasteiger partial charge in [-0.3, -0.25) is 0 Å². The first-order valence-electron chi connectivity index (χ1n) is 8.54. The maximum atomic E-state index is 10.2. The zero-order valence-electron chi connectivity index (χ0n) is 16.1. The van der Waals surface area contributed by atoms with Gasteiger partial charge in [-0.25, -0.2) is 14.4 Å². The number of benzene rings is 3. The molecule has 3 rings (SSSR count). The predicted octanol–water partition coefficient (Wildman–Crippen LogP) is 1.83. The largest absolute Gasteiger partial charge is 0.478 e. The highest BCUT2D eigenvalue weighted by Crippen LogP contribution is 1.97. The molecule has 0 unspecified atom stereocenters. The molecule has 0 aliphatic carbocycles. The van der Waals surface area contributed by atoms with Crippen molar-refractivity contribution < 1.29 is 44.1 Å². The highest BCUT2D eigenvalue weighted by molar-refractivity contribution is 6.30. The topological polar surface area (TPSA) is 173 Å². The minimum Gasteiger partial charge on any atom is -0.478 e. The lowest BCUT2D eigenvalue weighted by Crippen LogP contribution is -2.07. The molecule has 0 aromatic heterocycles. The Balaban J connectivity index is 0.000000402. The Bertz CT molecular complexity index is 781. The van der Waals surface area contributed by atoms with E-state index in [9.17, 15) is 14.4 Å². The van der Waals surface area contributed by atoms with Gasteiger partial charge in [0.1, 0.15) is 0 Å². The average molecular weight is 446 g/mol. The molecule has 0 atom stereocenters. The van der Waals surface area contributed by atoms with Crippen molar-refractivity contribution in [3.8, 4) is 0 Å². The second kappa shape index (κ2) is 16.0. The summed E-state index contributed by atoms with van der Waals surface area (Å²) in [5, 5.41) is 25.2. The molecule has 0 heterocycles. The van der Waals surface area contributed by atoms with Crippen LogP contribution in [0.25, 0.3) is 0 Å². The highest BCUT2D eigenvalue weighted by atomic mass is 28.3. The number of carboxylic acids is 3. The van der Waals surface area contributed by atoms with E-state index in [0.717, 1.165) is 0 Å². The van der Waals surface area contributed by atoms with E-state index in [4.69, 9.17) is 29.7 Å². The van der Waals surface area contributed by atoms with E-state index in [1.54, 1.807) is 91.0 Å². The Kier molecular flexibility index (Phi) is 14.0. The number of rotatable bonds is 3. The molecule has 0 amide bonds. The molecule has 164 valence electrons. The van der Waals surface area contributed by atoms with Crippen molar-refractivity contribution in [2.24, 2.45) is 0 Å². The van der Waals surface area contributed by atoms with Gasteiger partial charge in [-0.2, -0.15) is 0 Å². The summed E-state index contributed by atoms with van der Waals surface area (Å²) >= 11 is 0. The molecule has 0 saturated carbocycles. The van der Waals surface area contributed by atoms with Crippen LogP contribution in [0.5, 0.6) is 0 Å². The summed E-state index contributed by atoms with van der Waals surface area (Å²) in [7, 11) is -3.14. The van der Waals surface area contributed by atoms with Gasteiger partial charge in [0, 0.05) is 0 Å². The van der Waals surface area contributed by atoms with E-state index < -0.39 is 27.4 Å². The fraction of sp³-hybridized carbons (Fsp3) is 0. The van der Waals surface area contributed by atoms with Crippen LogP contribution in [0, 0.1) is 0 Å². The monoisotopic (exact) mass is 446 g/mol. The second-order valence-corrected chi connectivity index (χ2v) is 6.05. The Morgan fingerprint density at radius 1 is 0.452 bits per heavy atom. The smallest absolute Gasteiger partial charge is 0.475 e. The van der Waals surface area contributed by atoms with Crippen molar-refractivity contribution in [3.05, 3.63) is 108 Å². The van der Waals surface area contributed by atoms with E-state index >= 15 is 0 Å². The third-order valence-electron chi connectivity index (χ3n) is 3.06. The van der Waals surface area contributed by atoms with E-state index in [2.05, 4.69) is 0 Å². The van der Waals surface area contributed by atoms with Crippen LogP contribution in [-0.4, -0.2) is 57.1 Å². The molecule has 0 fully saturated rings. The van der Waals surface area contributed by atoms with Crippen LogP contribution in [0.3, 0.4) is 0 Å². The van der Waals surface area contributed by atoms with Crippen LogP contribution in [0.1, 0.15) is 31.1 Å². The fourth-order valence-corrected chi connectivity index (χ4v) is 1.74. The average Bonchev–Trinajstić information content (AvgIpc) is 2.76. The van der Waals surface area contributed by atoms with Gasteiger partial charge in [0.05, 0.1) is 16.7 Å². The molecule has 31 heavy (non-hydrogen) atoms. The van der Waals surface area contributed by atoms with E-state index in [1.165, 1.54) is 0 Å². The summed E-state index contributed by atoms with van der Waals surface area (Å²) in [4.78, 5) is 52.5. The lowest BCUT2D eigenvalue weighted by atomic mass is 10.2. The van der Waals surface area contributed by atoms with Gasteiger partial charge >= 0.3 is 27.4 Å². The minimum absolute atomic E-state index is 0.331. The molecule has 0 bridgehead atoms. The zero-order valence-corrected chi connectivity index (χ0v) is 17.3. The molecule has 6 N–H and O–H groups in total. The molecular formula is C21H22O9Si. The van der Waals surface area contributed by atoms with Crippen LogP contribution in [0.15, 0.2) is 91.0 Å². The SMILES string of the molecule is O=C(O)c1ccccc1.O=C(O)c1ccccc1.O=C(O)c1ccccc1.O[SiH](O)O. The maximum Gasteiger partial charge on any atom is 0.475 e. The molecule has 10 heteroatoms. The standard InChI is InChI=1S/3C7H6O2.H4O3Si/c3*8-7(9)6-4-2-1-3-5-6;1-4(2)3/h3*1-5H,(H,8,9);1-4H. The number of carbonyl (C=O) groups is 3. The Morgan fingerprint density at radius 2 is 0.613 bits per heavy atom. The first-order valence-corrected chi connectivity index (χ1v) is 10.1. The van der Waals surface area contributed by atoms with Crippen LogP contribution >= 0.6 is 0 Å². The third-order valence-corrected chi connectivity index (χ3v) is 3.06. The quantitative estimate of drug-likeness (QED) is 0.328. The number of carboxylic acid groups (broad SMARTS) is 3. The zero-order chi connectivity index (χ0) is 23.6. The Morgan fingerprint density at radius 3 is 0.710 bits per heavy atom. The predicted molar refractivity (Wildman–Crippen MR) is 114 cm³/mol. The van der Waals surface area contributed by atoms with Crippen molar-refractivity contribution in [2.45, 2.75) is 0 Å². The summed E-state index contributed by atoms with van der Waals surface area (Å²) in [6, 6.07) is 24.9. The lowest BCUT2D eigenvalue weighted by Gasteiger charge is -1.88. The van der Waals surface area contributed by atoms with E-state index in [-0.39, 0.29) is 0 Å². The first-order chi connectivity index (χ1) is 14.6. The molecular weight excluding hydrogens is 424 g/mol. The Labute approximate surface area is 179 Å². The van der Waals surface area contributed by atoms with Gasteiger partial charge in [-0.05, 0) is 36.4 Å². The van der Waals surface area contributed by atoms with Crippen molar-refractivity contribution in [3.63, 3.8) is 0 Å². The van der Waals surface area contributed by atoms with Gasteiger partial charge in [0.2, 0.25) is 0 Å². The number of hydrogen-bond donors (Lipinski definition) is 6. The molecule has 3 aromatic carbocycles. The third kappa shape index (κ3) is 14.8. The van der Waals surface area contributed by atoms with E-state index in [1.807, 2.05) is 0 Å². The van der Waals surface area contributed by atoms with Crippen molar-refractivity contribution >= 4 is 27.4 Å².